The summed E-state index contributed by atoms with van der Waals surface area (Å²) in [5.41, 5.74) is 0.336. The summed E-state index contributed by atoms with van der Waals surface area (Å²) in [7, 11) is 0. The molecule has 0 aliphatic heterocycles. The molecule has 0 aromatic heterocycles. The predicted molar refractivity (Wildman–Crippen MR) is 134 cm³/mol. The lowest BCUT2D eigenvalue weighted by Gasteiger charge is -2.23. The minimum atomic E-state index is -0.898. The summed E-state index contributed by atoms with van der Waals surface area (Å²) in [6, 6.07) is 7.19. The van der Waals surface area contributed by atoms with Gasteiger partial charge in [-0.2, -0.15) is 11.8 Å². The zero-order chi connectivity index (χ0) is 25.0. The van der Waals surface area contributed by atoms with Gasteiger partial charge in [-0.1, -0.05) is 42.1 Å². The van der Waals surface area contributed by atoms with Crippen LogP contribution in [-0.4, -0.2) is 58.8 Å². The second-order valence-electron chi connectivity index (χ2n) is 8.53. The van der Waals surface area contributed by atoms with Crippen LogP contribution in [-0.2, 0) is 24.9 Å². The molecular formula is C23H35N3O5S2. The van der Waals surface area contributed by atoms with Gasteiger partial charge in [0.25, 0.3) is 0 Å². The van der Waals surface area contributed by atoms with Gasteiger partial charge in [-0.15, -0.1) is 0 Å². The van der Waals surface area contributed by atoms with Gasteiger partial charge >= 0.3 is 6.09 Å². The molecule has 0 heterocycles. The van der Waals surface area contributed by atoms with E-state index in [0.29, 0.717) is 17.9 Å². The van der Waals surface area contributed by atoms with Gasteiger partial charge in [-0.05, 0) is 58.6 Å². The second-order valence-corrected chi connectivity index (χ2v) is 10.5. The number of alkyl carbamates (subject to hydrolysis) is 1. The smallest absolute Gasteiger partial charge is 0.408 e. The van der Waals surface area contributed by atoms with E-state index in [-0.39, 0.29) is 5.12 Å². The Morgan fingerprint density at radius 2 is 1.52 bits per heavy atom. The van der Waals surface area contributed by atoms with Crippen molar-refractivity contribution < 1.29 is 23.9 Å². The summed E-state index contributed by atoms with van der Waals surface area (Å²) in [6.45, 7) is 8.18. The summed E-state index contributed by atoms with van der Waals surface area (Å²) in [5, 5.41) is 7.63. The number of amides is 3. The van der Waals surface area contributed by atoms with E-state index in [9.17, 15) is 19.2 Å². The van der Waals surface area contributed by atoms with Crippen LogP contribution in [0.2, 0.25) is 0 Å². The molecule has 0 spiro atoms. The van der Waals surface area contributed by atoms with Gasteiger partial charge < -0.3 is 20.7 Å². The molecule has 0 fully saturated rings. The fraction of sp³-hybridized carbons (Fsp3) is 0.565. The van der Waals surface area contributed by atoms with E-state index in [1.165, 1.54) is 13.8 Å². The number of hydrogen-bond acceptors (Lipinski definition) is 7. The number of rotatable bonds is 11. The number of carbonyl (C=O) groups excluding carboxylic acids is 4. The molecule has 0 saturated carbocycles. The quantitative estimate of drug-likeness (QED) is 0.430. The Hall–Kier alpha value is -2.20. The van der Waals surface area contributed by atoms with Crippen LogP contribution in [0.4, 0.5) is 4.79 Å². The van der Waals surface area contributed by atoms with Crippen LogP contribution in [0, 0.1) is 0 Å². The topological polar surface area (TPSA) is 114 Å². The van der Waals surface area contributed by atoms with E-state index < -0.39 is 41.6 Å². The van der Waals surface area contributed by atoms with E-state index in [1.807, 2.05) is 36.6 Å². The summed E-state index contributed by atoms with van der Waals surface area (Å²) >= 11 is 2.75. The van der Waals surface area contributed by atoms with Gasteiger partial charge in [0.05, 0.1) is 6.04 Å². The predicted octanol–water partition coefficient (Wildman–Crippen LogP) is 3.10. The molecule has 3 unspecified atom stereocenters. The molecule has 10 heteroatoms. The maximum atomic E-state index is 12.7. The highest BCUT2D eigenvalue weighted by Crippen LogP contribution is 2.17. The normalized spacial score (nSPS) is 13.9. The lowest BCUT2D eigenvalue weighted by molar-refractivity contribution is -0.130. The van der Waals surface area contributed by atoms with Crippen molar-refractivity contribution in [2.75, 3.05) is 12.0 Å². The molecule has 1 aromatic rings. The van der Waals surface area contributed by atoms with Crippen molar-refractivity contribution in [3.8, 4) is 0 Å². The summed E-state index contributed by atoms with van der Waals surface area (Å²) < 4.78 is 5.13. The molecule has 0 aliphatic carbocycles. The van der Waals surface area contributed by atoms with Gasteiger partial charge in [0.1, 0.15) is 17.7 Å². The van der Waals surface area contributed by atoms with Gasteiger partial charge in [-0.25, -0.2) is 4.79 Å². The summed E-state index contributed by atoms with van der Waals surface area (Å²) in [5.74, 6) is 0.229. The molecule has 3 atom stereocenters. The second kappa shape index (κ2) is 14.1. The monoisotopic (exact) mass is 497 g/mol. The van der Waals surface area contributed by atoms with E-state index in [4.69, 9.17) is 4.74 Å². The fourth-order valence-corrected chi connectivity index (χ4v) is 3.92. The Labute approximate surface area is 204 Å². The van der Waals surface area contributed by atoms with E-state index in [0.717, 1.165) is 17.3 Å². The number of ether oxygens (including phenoxy) is 1. The van der Waals surface area contributed by atoms with E-state index >= 15 is 0 Å². The maximum absolute atomic E-state index is 12.7. The van der Waals surface area contributed by atoms with Crippen LogP contribution in [0.25, 0.3) is 0 Å². The first-order valence-corrected chi connectivity index (χ1v) is 13.1. The standard InChI is InChI=1S/C23H35N3O5S2/c1-15(24-19(27)16(2)25-22(30)31-23(3,4)5)20(28)26-18(12-13-32-6)21(29)33-14-17-10-8-7-9-11-17/h7-11,15-16,18H,12-14H2,1-6H3,(H,24,27)(H,25,30)(H,26,28). The maximum Gasteiger partial charge on any atom is 0.408 e. The zero-order valence-electron chi connectivity index (χ0n) is 20.1. The molecule has 0 aliphatic rings. The summed E-state index contributed by atoms with van der Waals surface area (Å²) in [6.07, 6.45) is 1.70. The molecule has 1 rings (SSSR count). The van der Waals surface area contributed by atoms with E-state index in [1.54, 1.807) is 32.5 Å². The van der Waals surface area contributed by atoms with Gasteiger partial charge in [-0.3, -0.25) is 14.4 Å². The molecular weight excluding hydrogens is 462 g/mol. The molecule has 8 nitrogen and oxygen atoms in total. The highest BCUT2D eigenvalue weighted by atomic mass is 32.2. The SMILES string of the molecule is CSCCC(NC(=O)C(C)NC(=O)C(C)NC(=O)OC(C)(C)C)C(=O)SCc1ccccc1. The van der Waals surface area contributed by atoms with Gasteiger partial charge in [0.15, 0.2) is 0 Å². The van der Waals surface area contributed by atoms with Crippen molar-refractivity contribution in [1.82, 2.24) is 16.0 Å². The molecule has 184 valence electrons. The Morgan fingerprint density at radius 3 is 2.09 bits per heavy atom. The van der Waals surface area contributed by atoms with Crippen LogP contribution < -0.4 is 16.0 Å². The van der Waals surface area contributed by atoms with Crippen LogP contribution in [0.3, 0.4) is 0 Å². The van der Waals surface area contributed by atoms with Gasteiger partial charge in [0.2, 0.25) is 16.9 Å². The third-order valence-corrected chi connectivity index (χ3v) is 6.00. The Morgan fingerprint density at radius 1 is 0.939 bits per heavy atom. The van der Waals surface area contributed by atoms with Crippen molar-refractivity contribution >= 4 is 46.5 Å². The first-order chi connectivity index (χ1) is 15.4. The fourth-order valence-electron chi connectivity index (χ4n) is 2.56. The van der Waals surface area contributed by atoms with Crippen LogP contribution in [0.15, 0.2) is 30.3 Å². The van der Waals surface area contributed by atoms with Crippen molar-refractivity contribution in [2.45, 2.75) is 70.5 Å². The number of nitrogens with one attached hydrogen (secondary N) is 3. The van der Waals surface area contributed by atoms with Crippen molar-refractivity contribution in [2.24, 2.45) is 0 Å². The number of thioether (sulfide) groups is 2. The molecule has 0 saturated heterocycles. The van der Waals surface area contributed by atoms with Crippen molar-refractivity contribution in [3.05, 3.63) is 35.9 Å². The number of carbonyl (C=O) groups is 4. The van der Waals surface area contributed by atoms with Gasteiger partial charge in [0, 0.05) is 5.75 Å². The lowest BCUT2D eigenvalue weighted by atomic mass is 10.2. The molecule has 1 aromatic carbocycles. The van der Waals surface area contributed by atoms with Crippen LogP contribution in [0.1, 0.15) is 46.6 Å². The number of hydrogen-bond donors (Lipinski definition) is 3. The Balaban J connectivity index is 2.61. The van der Waals surface area contributed by atoms with Crippen molar-refractivity contribution in [1.29, 1.82) is 0 Å². The average molecular weight is 498 g/mol. The molecule has 0 radical (unpaired) electrons. The Bertz CT molecular complexity index is 799. The molecule has 3 amide bonds. The minimum absolute atomic E-state index is 0.125. The highest BCUT2D eigenvalue weighted by Gasteiger charge is 2.26. The third kappa shape index (κ3) is 12.0. The first-order valence-electron chi connectivity index (χ1n) is 10.7. The minimum Gasteiger partial charge on any atom is -0.444 e. The Kier molecular flexibility index (Phi) is 12.4. The zero-order valence-corrected chi connectivity index (χ0v) is 21.7. The highest BCUT2D eigenvalue weighted by molar-refractivity contribution is 8.13. The third-order valence-electron chi connectivity index (χ3n) is 4.31. The molecule has 33 heavy (non-hydrogen) atoms. The molecule has 0 bridgehead atoms. The molecule has 3 N–H and O–H groups in total. The average Bonchev–Trinajstić information content (AvgIpc) is 2.73. The van der Waals surface area contributed by atoms with Crippen LogP contribution >= 0.6 is 23.5 Å². The van der Waals surface area contributed by atoms with Crippen molar-refractivity contribution in [3.63, 3.8) is 0 Å². The lowest BCUT2D eigenvalue weighted by Crippen LogP contribution is -2.54. The number of benzene rings is 1. The first kappa shape index (κ1) is 28.8. The van der Waals surface area contributed by atoms with E-state index in [2.05, 4.69) is 16.0 Å². The largest absolute Gasteiger partial charge is 0.444 e. The van der Waals surface area contributed by atoms with Crippen LogP contribution in [0.5, 0.6) is 0 Å². The summed E-state index contributed by atoms with van der Waals surface area (Å²) in [4.78, 5) is 49.6.